The van der Waals surface area contributed by atoms with Crippen molar-refractivity contribution in [1.82, 2.24) is 0 Å². The average Bonchev–Trinajstić information content (AvgIpc) is 2.46. The molecule has 1 saturated carbocycles. The van der Waals surface area contributed by atoms with E-state index in [0.29, 0.717) is 0 Å². The van der Waals surface area contributed by atoms with Crippen molar-refractivity contribution in [3.8, 4) is 0 Å². The topological polar surface area (TPSA) is 20.2 Å². The molecule has 0 heterocycles. The molecule has 0 bridgehead atoms. The van der Waals surface area contributed by atoms with Crippen molar-refractivity contribution < 1.29 is 5.11 Å². The molecule has 1 heteroatoms. The Labute approximate surface area is 127 Å². The second-order valence-corrected chi connectivity index (χ2v) is 7.01. The van der Waals surface area contributed by atoms with Gasteiger partial charge in [0.25, 0.3) is 0 Å². The molecule has 0 aromatic heterocycles. The number of rotatable bonds is 12. The molecule has 1 unspecified atom stereocenters. The first kappa shape index (κ1) is 18.0. The summed E-state index contributed by atoms with van der Waals surface area (Å²) in [6.45, 7) is 2.28. The highest BCUT2D eigenvalue weighted by Gasteiger charge is 2.16. The third-order valence-electron chi connectivity index (χ3n) is 4.97. The summed E-state index contributed by atoms with van der Waals surface area (Å²) in [6.07, 6.45) is 21.5. The Balaban J connectivity index is 1.83. The molecule has 0 saturated heterocycles. The Morgan fingerprint density at radius 1 is 0.800 bits per heavy atom. The van der Waals surface area contributed by atoms with Crippen LogP contribution in [0.2, 0.25) is 0 Å². The van der Waals surface area contributed by atoms with Crippen LogP contribution in [-0.2, 0) is 0 Å². The van der Waals surface area contributed by atoms with Crippen LogP contribution in [0.25, 0.3) is 0 Å². The van der Waals surface area contributed by atoms with Crippen LogP contribution in [0, 0.1) is 5.92 Å². The minimum atomic E-state index is -0.0114. The minimum absolute atomic E-state index is 0.0114. The monoisotopic (exact) mass is 282 g/mol. The average molecular weight is 283 g/mol. The minimum Gasteiger partial charge on any atom is -0.393 e. The SMILES string of the molecule is CCCCCCCCCCCC(O)CC1CCCCC1. The molecule has 0 amide bonds. The summed E-state index contributed by atoms with van der Waals surface area (Å²) in [5.41, 5.74) is 0. The first-order valence-corrected chi connectivity index (χ1v) is 9.51. The molecule has 0 aliphatic heterocycles. The molecule has 1 aliphatic carbocycles. The summed E-state index contributed by atoms with van der Waals surface area (Å²) >= 11 is 0. The zero-order chi connectivity index (χ0) is 14.5. The number of aliphatic hydroxyl groups is 1. The molecule has 0 radical (unpaired) electrons. The first-order valence-electron chi connectivity index (χ1n) is 9.51. The number of hydrogen-bond acceptors (Lipinski definition) is 1. The van der Waals surface area contributed by atoms with E-state index >= 15 is 0 Å². The fourth-order valence-corrected chi connectivity index (χ4v) is 3.62. The van der Waals surface area contributed by atoms with E-state index in [-0.39, 0.29) is 6.10 Å². The number of aliphatic hydroxyl groups excluding tert-OH is 1. The maximum atomic E-state index is 10.1. The van der Waals surface area contributed by atoms with Crippen LogP contribution in [-0.4, -0.2) is 11.2 Å². The second-order valence-electron chi connectivity index (χ2n) is 7.01. The molecule has 1 atom stereocenters. The van der Waals surface area contributed by atoms with Gasteiger partial charge in [-0.05, 0) is 18.8 Å². The lowest BCUT2D eigenvalue weighted by atomic mass is 9.84. The summed E-state index contributed by atoms with van der Waals surface area (Å²) in [4.78, 5) is 0. The fraction of sp³-hybridized carbons (Fsp3) is 1.00. The van der Waals surface area contributed by atoms with E-state index in [0.717, 1.165) is 18.8 Å². The Kier molecular flexibility index (Phi) is 11.4. The summed E-state index contributed by atoms with van der Waals surface area (Å²) in [5, 5.41) is 10.1. The zero-order valence-electron chi connectivity index (χ0n) is 13.9. The van der Waals surface area contributed by atoms with Crippen molar-refractivity contribution >= 4 is 0 Å². The van der Waals surface area contributed by atoms with Gasteiger partial charge >= 0.3 is 0 Å². The van der Waals surface area contributed by atoms with E-state index in [1.165, 1.54) is 89.9 Å². The quantitative estimate of drug-likeness (QED) is 0.420. The lowest BCUT2D eigenvalue weighted by molar-refractivity contribution is 0.119. The van der Waals surface area contributed by atoms with Crippen LogP contribution >= 0.6 is 0 Å². The molecule has 0 aromatic rings. The van der Waals surface area contributed by atoms with Gasteiger partial charge in [0.05, 0.1) is 6.10 Å². The van der Waals surface area contributed by atoms with Gasteiger partial charge in [-0.25, -0.2) is 0 Å². The first-order chi connectivity index (χ1) is 9.83. The highest BCUT2D eigenvalue weighted by Crippen LogP contribution is 2.28. The zero-order valence-corrected chi connectivity index (χ0v) is 13.9. The predicted octanol–water partition coefficient (Wildman–Crippen LogP) is 6.24. The van der Waals surface area contributed by atoms with Gasteiger partial charge in [-0.3, -0.25) is 0 Å². The number of hydrogen-bond donors (Lipinski definition) is 1. The summed E-state index contributed by atoms with van der Waals surface area (Å²) in [5.74, 6) is 0.831. The lowest BCUT2D eigenvalue weighted by Crippen LogP contribution is -2.16. The molecule has 0 aromatic carbocycles. The van der Waals surface area contributed by atoms with Crippen molar-refractivity contribution in [2.75, 3.05) is 0 Å². The molecule has 1 N–H and O–H groups in total. The van der Waals surface area contributed by atoms with Gasteiger partial charge in [0, 0.05) is 0 Å². The van der Waals surface area contributed by atoms with E-state index in [9.17, 15) is 5.11 Å². The molecule has 1 rings (SSSR count). The van der Waals surface area contributed by atoms with Crippen LogP contribution < -0.4 is 0 Å². The summed E-state index contributed by atoms with van der Waals surface area (Å²) in [6, 6.07) is 0. The number of unbranched alkanes of at least 4 members (excludes halogenated alkanes) is 8. The van der Waals surface area contributed by atoms with E-state index < -0.39 is 0 Å². The highest BCUT2D eigenvalue weighted by atomic mass is 16.3. The van der Waals surface area contributed by atoms with Crippen LogP contribution in [0.3, 0.4) is 0 Å². The van der Waals surface area contributed by atoms with E-state index in [4.69, 9.17) is 0 Å². The molecule has 0 spiro atoms. The van der Waals surface area contributed by atoms with Gasteiger partial charge in [-0.15, -0.1) is 0 Å². The molecule has 1 nitrogen and oxygen atoms in total. The Hall–Kier alpha value is -0.0400. The van der Waals surface area contributed by atoms with Crippen molar-refractivity contribution in [1.29, 1.82) is 0 Å². The third-order valence-corrected chi connectivity index (χ3v) is 4.97. The summed E-state index contributed by atoms with van der Waals surface area (Å²) in [7, 11) is 0. The van der Waals surface area contributed by atoms with Gasteiger partial charge < -0.3 is 5.11 Å². The van der Waals surface area contributed by atoms with Crippen LogP contribution in [0.15, 0.2) is 0 Å². The Morgan fingerprint density at radius 2 is 1.35 bits per heavy atom. The van der Waals surface area contributed by atoms with Crippen molar-refractivity contribution in [2.24, 2.45) is 5.92 Å². The smallest absolute Gasteiger partial charge is 0.0542 e. The van der Waals surface area contributed by atoms with Gasteiger partial charge in [0.1, 0.15) is 0 Å². The molecular formula is C19H38O. The van der Waals surface area contributed by atoms with Crippen LogP contribution in [0.1, 0.15) is 110 Å². The third kappa shape index (κ3) is 9.80. The molecule has 20 heavy (non-hydrogen) atoms. The molecule has 1 aliphatic rings. The normalized spacial score (nSPS) is 18.3. The van der Waals surface area contributed by atoms with E-state index in [2.05, 4.69) is 6.92 Å². The van der Waals surface area contributed by atoms with Crippen LogP contribution in [0.5, 0.6) is 0 Å². The second kappa shape index (κ2) is 12.7. The summed E-state index contributed by atoms with van der Waals surface area (Å²) < 4.78 is 0. The standard InChI is InChI=1S/C19H38O/c1-2-3-4-5-6-7-8-9-13-16-19(20)17-18-14-11-10-12-15-18/h18-20H,2-17H2,1H3. The van der Waals surface area contributed by atoms with Gasteiger partial charge in [0.2, 0.25) is 0 Å². The van der Waals surface area contributed by atoms with Crippen molar-refractivity contribution in [3.05, 3.63) is 0 Å². The lowest BCUT2D eigenvalue weighted by Gasteiger charge is -2.23. The van der Waals surface area contributed by atoms with Crippen molar-refractivity contribution in [3.63, 3.8) is 0 Å². The largest absolute Gasteiger partial charge is 0.393 e. The maximum Gasteiger partial charge on any atom is 0.0542 e. The highest BCUT2D eigenvalue weighted by molar-refractivity contribution is 4.69. The molecule has 120 valence electrons. The van der Waals surface area contributed by atoms with E-state index in [1.54, 1.807) is 0 Å². The Morgan fingerprint density at radius 3 is 1.95 bits per heavy atom. The van der Waals surface area contributed by atoms with E-state index in [1.807, 2.05) is 0 Å². The van der Waals surface area contributed by atoms with Crippen LogP contribution in [0.4, 0.5) is 0 Å². The Bertz CT molecular complexity index is 196. The van der Waals surface area contributed by atoms with Crippen molar-refractivity contribution in [2.45, 2.75) is 116 Å². The predicted molar refractivity (Wildman–Crippen MR) is 89.0 cm³/mol. The van der Waals surface area contributed by atoms with Gasteiger partial charge in [-0.2, -0.15) is 0 Å². The van der Waals surface area contributed by atoms with Gasteiger partial charge in [-0.1, -0.05) is 96.8 Å². The molecule has 1 fully saturated rings. The maximum absolute atomic E-state index is 10.1. The van der Waals surface area contributed by atoms with Gasteiger partial charge in [0.15, 0.2) is 0 Å². The molecular weight excluding hydrogens is 244 g/mol. The fourth-order valence-electron chi connectivity index (χ4n) is 3.62.